The number of anilines is 1. The number of rotatable bonds is 4. The molecular weight excluding hydrogens is 260 g/mol. The molecule has 0 aliphatic carbocycles. The van der Waals surface area contributed by atoms with Crippen molar-refractivity contribution in [3.05, 3.63) is 47.3 Å². The number of carboxylic acids is 1. The molecule has 0 spiro atoms. The number of hydrogen-bond acceptors (Lipinski definition) is 4. The Labute approximate surface area is 115 Å². The highest BCUT2D eigenvalue weighted by molar-refractivity contribution is 6.10. The van der Waals surface area contributed by atoms with E-state index in [1.54, 1.807) is 19.2 Å². The molecule has 0 atom stereocenters. The highest BCUT2D eigenvalue weighted by Crippen LogP contribution is 2.24. The molecule has 1 aromatic carbocycles. The van der Waals surface area contributed by atoms with Crippen LogP contribution in [0.25, 0.3) is 0 Å². The van der Waals surface area contributed by atoms with Crippen molar-refractivity contribution in [2.45, 2.75) is 0 Å². The van der Waals surface area contributed by atoms with Crippen LogP contribution in [0.2, 0.25) is 0 Å². The fourth-order valence-corrected chi connectivity index (χ4v) is 1.92. The lowest BCUT2D eigenvalue weighted by Gasteiger charge is -2.06. The Morgan fingerprint density at radius 2 is 1.95 bits per heavy atom. The van der Waals surface area contributed by atoms with Crippen LogP contribution in [0.5, 0.6) is 5.75 Å². The molecule has 104 valence electrons. The summed E-state index contributed by atoms with van der Waals surface area (Å²) in [5.74, 6) is -0.960. The average Bonchev–Trinajstić information content (AvgIpc) is 2.80. The van der Waals surface area contributed by atoms with Crippen LogP contribution >= 0.6 is 0 Å². The molecule has 0 saturated heterocycles. The molecule has 20 heavy (non-hydrogen) atoms. The van der Waals surface area contributed by atoms with E-state index in [1.165, 1.54) is 30.0 Å². The third kappa shape index (κ3) is 2.35. The second kappa shape index (κ2) is 5.08. The zero-order valence-electron chi connectivity index (χ0n) is 11.1. The number of aromatic carboxylic acids is 1. The lowest BCUT2D eigenvalue weighted by molar-refractivity contribution is 0.0686. The Balaban J connectivity index is 2.41. The first-order chi connectivity index (χ1) is 9.43. The number of aryl methyl sites for hydroxylation is 1. The quantitative estimate of drug-likeness (QED) is 0.651. The van der Waals surface area contributed by atoms with Gasteiger partial charge in [0.25, 0.3) is 0 Å². The minimum Gasteiger partial charge on any atom is -0.495 e. The predicted molar refractivity (Wildman–Crippen MR) is 73.2 cm³/mol. The van der Waals surface area contributed by atoms with Crippen molar-refractivity contribution in [3.8, 4) is 5.75 Å². The van der Waals surface area contributed by atoms with Crippen molar-refractivity contribution in [2.75, 3.05) is 12.8 Å². The second-order valence-corrected chi connectivity index (χ2v) is 4.32. The van der Waals surface area contributed by atoms with Gasteiger partial charge >= 0.3 is 5.97 Å². The van der Waals surface area contributed by atoms with E-state index >= 15 is 0 Å². The summed E-state index contributed by atoms with van der Waals surface area (Å²) in [6.45, 7) is 0. The molecule has 3 N–H and O–H groups in total. The van der Waals surface area contributed by atoms with Gasteiger partial charge in [-0.2, -0.15) is 0 Å². The summed E-state index contributed by atoms with van der Waals surface area (Å²) >= 11 is 0. The van der Waals surface area contributed by atoms with Crippen LogP contribution in [-0.4, -0.2) is 28.5 Å². The van der Waals surface area contributed by atoms with Gasteiger partial charge in [0.2, 0.25) is 0 Å². The molecule has 0 saturated carbocycles. The molecule has 6 nitrogen and oxygen atoms in total. The minimum absolute atomic E-state index is 0.0516. The van der Waals surface area contributed by atoms with Crippen LogP contribution in [0.1, 0.15) is 26.4 Å². The molecule has 1 aromatic heterocycles. The Bertz CT molecular complexity index is 688. The maximum absolute atomic E-state index is 12.3. The highest BCUT2D eigenvalue weighted by Gasteiger charge is 2.17. The first kappa shape index (κ1) is 13.7. The lowest BCUT2D eigenvalue weighted by Crippen LogP contribution is -2.02. The van der Waals surface area contributed by atoms with Crippen molar-refractivity contribution in [3.63, 3.8) is 0 Å². The van der Waals surface area contributed by atoms with Crippen molar-refractivity contribution >= 4 is 17.4 Å². The van der Waals surface area contributed by atoms with Crippen LogP contribution < -0.4 is 10.5 Å². The number of carbonyl (C=O) groups excluding carboxylic acids is 1. The number of nitrogen functional groups attached to an aromatic ring is 1. The fraction of sp³-hybridized carbons (Fsp3) is 0.143. The normalized spacial score (nSPS) is 10.3. The number of ether oxygens (including phenoxy) is 1. The molecule has 0 amide bonds. The zero-order chi connectivity index (χ0) is 14.9. The molecule has 0 fully saturated rings. The number of hydrogen-bond donors (Lipinski definition) is 2. The number of methoxy groups -OCH3 is 1. The first-order valence-electron chi connectivity index (χ1n) is 5.82. The maximum atomic E-state index is 12.3. The number of aromatic nitrogens is 1. The first-order valence-corrected chi connectivity index (χ1v) is 5.82. The summed E-state index contributed by atoms with van der Waals surface area (Å²) in [7, 11) is 3.04. The maximum Gasteiger partial charge on any atom is 0.352 e. The summed E-state index contributed by atoms with van der Waals surface area (Å²) in [5, 5.41) is 8.98. The number of carbonyl (C=O) groups is 2. The van der Waals surface area contributed by atoms with Gasteiger partial charge in [0.15, 0.2) is 5.78 Å². The fourth-order valence-electron chi connectivity index (χ4n) is 1.92. The Hall–Kier alpha value is -2.76. The molecule has 0 unspecified atom stereocenters. The molecule has 0 radical (unpaired) electrons. The van der Waals surface area contributed by atoms with E-state index in [4.69, 9.17) is 15.6 Å². The van der Waals surface area contributed by atoms with Crippen LogP contribution in [0, 0.1) is 0 Å². The topological polar surface area (TPSA) is 94.5 Å². The highest BCUT2D eigenvalue weighted by atomic mass is 16.5. The number of carboxylic acid groups (broad SMARTS) is 1. The third-order valence-corrected chi connectivity index (χ3v) is 2.98. The smallest absolute Gasteiger partial charge is 0.352 e. The summed E-state index contributed by atoms with van der Waals surface area (Å²) in [4.78, 5) is 23.3. The number of nitrogens with zero attached hydrogens (tertiary/aromatic N) is 1. The van der Waals surface area contributed by atoms with Crippen molar-refractivity contribution in [1.29, 1.82) is 0 Å². The third-order valence-electron chi connectivity index (χ3n) is 2.98. The standard InChI is InChI=1S/C14H14N2O4/c1-16-7-9(5-11(16)14(18)19)13(17)8-3-4-10(15)12(6-8)20-2/h3-7H,15H2,1-2H3,(H,18,19). The van der Waals surface area contributed by atoms with E-state index < -0.39 is 5.97 Å². The Morgan fingerprint density at radius 1 is 1.25 bits per heavy atom. The second-order valence-electron chi connectivity index (χ2n) is 4.32. The van der Waals surface area contributed by atoms with Crippen molar-refractivity contribution in [1.82, 2.24) is 4.57 Å². The lowest BCUT2D eigenvalue weighted by atomic mass is 10.0. The van der Waals surface area contributed by atoms with Gasteiger partial charge < -0.3 is 20.1 Å². The molecule has 2 aromatic rings. The number of ketones is 1. The summed E-state index contributed by atoms with van der Waals surface area (Å²) < 4.78 is 6.46. The number of nitrogens with two attached hydrogens (primary N) is 1. The van der Waals surface area contributed by atoms with Gasteiger partial charge in [-0.25, -0.2) is 4.79 Å². The summed E-state index contributed by atoms with van der Waals surface area (Å²) in [6.07, 6.45) is 1.48. The SMILES string of the molecule is COc1cc(C(=O)c2cc(C(=O)O)n(C)c2)ccc1N. The molecule has 2 rings (SSSR count). The van der Waals surface area contributed by atoms with Gasteiger partial charge in [-0.05, 0) is 24.3 Å². The van der Waals surface area contributed by atoms with E-state index in [1.807, 2.05) is 0 Å². The van der Waals surface area contributed by atoms with Crippen molar-refractivity contribution in [2.24, 2.45) is 7.05 Å². The van der Waals surface area contributed by atoms with E-state index in [9.17, 15) is 9.59 Å². The van der Waals surface area contributed by atoms with Crippen LogP contribution in [0.4, 0.5) is 5.69 Å². The van der Waals surface area contributed by atoms with E-state index in [0.717, 1.165) is 0 Å². The largest absolute Gasteiger partial charge is 0.495 e. The summed E-state index contributed by atoms with van der Waals surface area (Å²) in [6, 6.07) is 6.03. The average molecular weight is 274 g/mol. The monoisotopic (exact) mass is 274 g/mol. The van der Waals surface area contributed by atoms with Gasteiger partial charge in [-0.1, -0.05) is 0 Å². The van der Waals surface area contributed by atoms with Crippen molar-refractivity contribution < 1.29 is 19.4 Å². The molecule has 0 aliphatic rings. The zero-order valence-corrected chi connectivity index (χ0v) is 11.1. The van der Waals surface area contributed by atoms with Crippen LogP contribution in [0.3, 0.4) is 0 Å². The molecule has 0 aliphatic heterocycles. The van der Waals surface area contributed by atoms with Gasteiger partial charge in [0.05, 0.1) is 12.8 Å². The molecule has 6 heteroatoms. The Morgan fingerprint density at radius 3 is 2.50 bits per heavy atom. The van der Waals surface area contributed by atoms with Gasteiger partial charge in [-0.3, -0.25) is 4.79 Å². The molecular formula is C14H14N2O4. The van der Waals surface area contributed by atoms with E-state index in [-0.39, 0.29) is 11.5 Å². The predicted octanol–water partition coefficient (Wildman–Crippen LogP) is 1.55. The minimum atomic E-state index is -1.08. The van der Waals surface area contributed by atoms with Crippen LogP contribution in [-0.2, 0) is 7.05 Å². The van der Waals surface area contributed by atoms with Gasteiger partial charge in [-0.15, -0.1) is 0 Å². The summed E-state index contributed by atoms with van der Waals surface area (Å²) in [5.41, 5.74) is 6.86. The Kier molecular flexibility index (Phi) is 3.47. The van der Waals surface area contributed by atoms with Gasteiger partial charge in [0.1, 0.15) is 11.4 Å². The molecule has 1 heterocycles. The number of benzene rings is 1. The van der Waals surface area contributed by atoms with E-state index in [0.29, 0.717) is 22.6 Å². The van der Waals surface area contributed by atoms with Crippen LogP contribution in [0.15, 0.2) is 30.5 Å². The molecule has 0 bridgehead atoms. The van der Waals surface area contributed by atoms with E-state index in [2.05, 4.69) is 0 Å². The van der Waals surface area contributed by atoms with Gasteiger partial charge in [0, 0.05) is 24.4 Å².